The molecule has 2 aromatic rings. The minimum atomic E-state index is -0.370. The summed E-state index contributed by atoms with van der Waals surface area (Å²) < 4.78 is 10.6. The van der Waals surface area contributed by atoms with Crippen LogP contribution in [0.1, 0.15) is 6.92 Å². The fourth-order valence-electron chi connectivity index (χ4n) is 2.07. The number of benzene rings is 2. The van der Waals surface area contributed by atoms with Crippen molar-refractivity contribution in [2.75, 3.05) is 17.4 Å². The van der Waals surface area contributed by atoms with Crippen molar-refractivity contribution in [3.63, 3.8) is 0 Å². The van der Waals surface area contributed by atoms with Crippen LogP contribution in [-0.4, -0.2) is 18.7 Å². The first-order chi connectivity index (χ1) is 10.2. The average Bonchev–Trinajstić information content (AvgIpc) is 2.95. The third-order valence-corrected chi connectivity index (χ3v) is 3.19. The van der Waals surface area contributed by atoms with Crippen molar-refractivity contribution in [2.45, 2.75) is 13.0 Å². The third-order valence-electron chi connectivity index (χ3n) is 3.19. The number of rotatable bonds is 4. The number of fused-ring (bicyclic) bond motifs is 1. The van der Waals surface area contributed by atoms with Gasteiger partial charge in [0.15, 0.2) is 11.5 Å². The highest BCUT2D eigenvalue weighted by Gasteiger charge is 2.16. The zero-order valence-corrected chi connectivity index (χ0v) is 11.6. The number of nitrogens with one attached hydrogen (secondary N) is 2. The van der Waals surface area contributed by atoms with Crippen molar-refractivity contribution in [3.05, 3.63) is 48.5 Å². The van der Waals surface area contributed by atoms with Gasteiger partial charge in [-0.05, 0) is 31.2 Å². The monoisotopic (exact) mass is 284 g/mol. The van der Waals surface area contributed by atoms with Crippen LogP contribution in [-0.2, 0) is 4.79 Å². The predicted octanol–water partition coefficient (Wildman–Crippen LogP) is 2.85. The Morgan fingerprint density at radius 2 is 1.81 bits per heavy atom. The second kappa shape index (κ2) is 5.75. The van der Waals surface area contributed by atoms with Crippen molar-refractivity contribution in [3.8, 4) is 11.5 Å². The number of hydrogen-bond donors (Lipinski definition) is 2. The van der Waals surface area contributed by atoms with Crippen molar-refractivity contribution >= 4 is 17.3 Å². The molecule has 0 aromatic heterocycles. The Hall–Kier alpha value is -2.69. The summed E-state index contributed by atoms with van der Waals surface area (Å²) in [4.78, 5) is 12.1. The first kappa shape index (κ1) is 13.3. The molecule has 0 fully saturated rings. The van der Waals surface area contributed by atoms with Gasteiger partial charge in [0.1, 0.15) is 6.04 Å². The maximum atomic E-state index is 12.1. The van der Waals surface area contributed by atoms with Gasteiger partial charge in [-0.1, -0.05) is 18.2 Å². The number of amides is 1. The van der Waals surface area contributed by atoms with Crippen LogP contribution in [0, 0.1) is 0 Å². The Bertz CT molecular complexity index is 643. The highest BCUT2D eigenvalue weighted by molar-refractivity contribution is 5.96. The van der Waals surface area contributed by atoms with Gasteiger partial charge in [-0.3, -0.25) is 4.79 Å². The Balaban J connectivity index is 1.63. The summed E-state index contributed by atoms with van der Waals surface area (Å²) in [6.07, 6.45) is 0. The van der Waals surface area contributed by atoms with Crippen molar-refractivity contribution in [1.82, 2.24) is 0 Å². The van der Waals surface area contributed by atoms with Gasteiger partial charge < -0.3 is 20.1 Å². The van der Waals surface area contributed by atoms with Gasteiger partial charge in [0.05, 0.1) is 0 Å². The number of para-hydroxylation sites is 1. The Morgan fingerprint density at radius 1 is 1.05 bits per heavy atom. The van der Waals surface area contributed by atoms with Crippen LogP contribution in [0.2, 0.25) is 0 Å². The van der Waals surface area contributed by atoms with Gasteiger partial charge in [0.25, 0.3) is 0 Å². The summed E-state index contributed by atoms with van der Waals surface area (Å²) in [5, 5.41) is 6.00. The quantitative estimate of drug-likeness (QED) is 0.906. The first-order valence-corrected chi connectivity index (χ1v) is 6.74. The van der Waals surface area contributed by atoms with Crippen LogP contribution >= 0.6 is 0 Å². The van der Waals surface area contributed by atoms with E-state index < -0.39 is 0 Å². The minimum absolute atomic E-state index is 0.0983. The molecule has 0 bridgehead atoms. The topological polar surface area (TPSA) is 59.6 Å². The second-order valence-corrected chi connectivity index (χ2v) is 4.79. The number of carbonyl (C=O) groups is 1. The zero-order chi connectivity index (χ0) is 14.7. The molecule has 0 saturated heterocycles. The van der Waals surface area contributed by atoms with E-state index in [9.17, 15) is 4.79 Å². The molecule has 1 aliphatic rings. The SMILES string of the molecule is C[C@@H](Nc1ccc2c(c1)OCO2)C(=O)Nc1ccccc1. The lowest BCUT2D eigenvalue weighted by molar-refractivity contribution is -0.116. The normalized spacial score (nSPS) is 13.6. The Labute approximate surface area is 122 Å². The molecular weight excluding hydrogens is 268 g/mol. The predicted molar refractivity (Wildman–Crippen MR) is 80.7 cm³/mol. The Kier molecular flexibility index (Phi) is 3.64. The van der Waals surface area contributed by atoms with E-state index in [1.807, 2.05) is 55.5 Å². The molecule has 1 amide bonds. The van der Waals surface area contributed by atoms with E-state index in [-0.39, 0.29) is 18.7 Å². The molecule has 1 heterocycles. The molecule has 108 valence electrons. The highest BCUT2D eigenvalue weighted by atomic mass is 16.7. The molecule has 2 aromatic carbocycles. The summed E-state index contributed by atoms with van der Waals surface area (Å²) in [5.74, 6) is 1.32. The number of ether oxygens (including phenoxy) is 2. The number of hydrogen-bond acceptors (Lipinski definition) is 4. The van der Waals surface area contributed by atoms with Gasteiger partial charge in [-0.2, -0.15) is 0 Å². The van der Waals surface area contributed by atoms with E-state index in [1.165, 1.54) is 0 Å². The smallest absolute Gasteiger partial charge is 0.246 e. The lowest BCUT2D eigenvalue weighted by Gasteiger charge is -2.15. The fraction of sp³-hybridized carbons (Fsp3) is 0.188. The van der Waals surface area contributed by atoms with Crippen LogP contribution in [0.4, 0.5) is 11.4 Å². The molecule has 21 heavy (non-hydrogen) atoms. The molecule has 1 atom stereocenters. The van der Waals surface area contributed by atoms with Gasteiger partial charge >= 0.3 is 0 Å². The summed E-state index contributed by atoms with van der Waals surface area (Å²) in [5.41, 5.74) is 1.59. The standard InChI is InChI=1S/C16H16N2O3/c1-11(16(19)18-12-5-3-2-4-6-12)17-13-7-8-14-15(9-13)21-10-20-14/h2-9,11,17H,10H2,1H3,(H,18,19)/t11-/m1/s1. The first-order valence-electron chi connectivity index (χ1n) is 6.74. The fourth-order valence-corrected chi connectivity index (χ4v) is 2.07. The van der Waals surface area contributed by atoms with E-state index >= 15 is 0 Å². The third kappa shape index (κ3) is 3.08. The molecule has 0 spiro atoms. The molecule has 2 N–H and O–H groups in total. The van der Waals surface area contributed by atoms with Crippen molar-refractivity contribution in [2.24, 2.45) is 0 Å². The molecule has 1 aliphatic heterocycles. The van der Waals surface area contributed by atoms with E-state index in [1.54, 1.807) is 0 Å². The van der Waals surface area contributed by atoms with E-state index in [0.29, 0.717) is 5.75 Å². The molecule has 0 aliphatic carbocycles. The zero-order valence-electron chi connectivity index (χ0n) is 11.6. The van der Waals surface area contributed by atoms with Crippen molar-refractivity contribution < 1.29 is 14.3 Å². The molecule has 0 unspecified atom stereocenters. The van der Waals surface area contributed by atoms with Gasteiger partial charge in [0.2, 0.25) is 12.7 Å². The summed E-state index contributed by atoms with van der Waals surface area (Å²) in [6, 6.07) is 14.5. The summed E-state index contributed by atoms with van der Waals surface area (Å²) >= 11 is 0. The average molecular weight is 284 g/mol. The van der Waals surface area contributed by atoms with Crippen LogP contribution in [0.25, 0.3) is 0 Å². The van der Waals surface area contributed by atoms with E-state index in [2.05, 4.69) is 10.6 Å². The second-order valence-electron chi connectivity index (χ2n) is 4.79. The van der Waals surface area contributed by atoms with Crippen LogP contribution < -0.4 is 20.1 Å². The Morgan fingerprint density at radius 3 is 2.62 bits per heavy atom. The molecule has 0 saturated carbocycles. The molecule has 3 rings (SSSR count). The number of carbonyl (C=O) groups excluding carboxylic acids is 1. The van der Waals surface area contributed by atoms with Crippen LogP contribution in [0.3, 0.4) is 0 Å². The summed E-state index contributed by atoms with van der Waals surface area (Å²) in [7, 11) is 0. The molecule has 0 radical (unpaired) electrons. The van der Waals surface area contributed by atoms with Gasteiger partial charge in [-0.25, -0.2) is 0 Å². The maximum absolute atomic E-state index is 12.1. The summed E-state index contributed by atoms with van der Waals surface area (Å²) in [6.45, 7) is 2.05. The molecular formula is C16H16N2O3. The van der Waals surface area contributed by atoms with E-state index in [4.69, 9.17) is 9.47 Å². The van der Waals surface area contributed by atoms with Gasteiger partial charge in [0, 0.05) is 17.4 Å². The maximum Gasteiger partial charge on any atom is 0.246 e. The van der Waals surface area contributed by atoms with Crippen LogP contribution in [0.15, 0.2) is 48.5 Å². The van der Waals surface area contributed by atoms with E-state index in [0.717, 1.165) is 17.1 Å². The largest absolute Gasteiger partial charge is 0.454 e. The highest BCUT2D eigenvalue weighted by Crippen LogP contribution is 2.34. The molecule has 5 nitrogen and oxygen atoms in total. The van der Waals surface area contributed by atoms with Crippen molar-refractivity contribution in [1.29, 1.82) is 0 Å². The van der Waals surface area contributed by atoms with Crippen LogP contribution in [0.5, 0.6) is 11.5 Å². The lowest BCUT2D eigenvalue weighted by atomic mass is 10.2. The van der Waals surface area contributed by atoms with Gasteiger partial charge in [-0.15, -0.1) is 0 Å². The lowest BCUT2D eigenvalue weighted by Crippen LogP contribution is -2.31. The molecule has 5 heteroatoms. The number of anilines is 2. The minimum Gasteiger partial charge on any atom is -0.454 e.